The number of rotatable bonds is 5. The van der Waals surface area contributed by atoms with Crippen LogP contribution < -0.4 is 4.74 Å². The molecule has 21 heavy (non-hydrogen) atoms. The molecule has 0 radical (unpaired) electrons. The third kappa shape index (κ3) is 4.40. The predicted molar refractivity (Wildman–Crippen MR) is 75.9 cm³/mol. The summed E-state index contributed by atoms with van der Waals surface area (Å²) in [6.45, 7) is 0.726. The molecule has 1 aliphatic heterocycles. The maximum absolute atomic E-state index is 11.7. The Balaban J connectivity index is 2.13. The number of hydrogen-bond acceptors (Lipinski definition) is 6. The fraction of sp³-hybridized carbons (Fsp3) is 0.538. The molecular weight excluding hydrogens is 296 g/mol. The average Bonchev–Trinajstić information content (AvgIpc) is 2.41. The zero-order chi connectivity index (χ0) is 15.5. The van der Waals surface area contributed by atoms with Crippen LogP contribution in [0.25, 0.3) is 0 Å². The van der Waals surface area contributed by atoms with Gasteiger partial charge in [0.2, 0.25) is 5.88 Å². The van der Waals surface area contributed by atoms with E-state index in [1.54, 1.807) is 12.1 Å². The van der Waals surface area contributed by atoms with E-state index in [0.717, 1.165) is 5.69 Å². The molecular formula is C13H18N2O5S. The normalized spacial score (nSPS) is 21.9. The lowest BCUT2D eigenvalue weighted by Crippen LogP contribution is -2.48. The van der Waals surface area contributed by atoms with Gasteiger partial charge in [-0.25, -0.2) is 13.4 Å². The van der Waals surface area contributed by atoms with Gasteiger partial charge in [-0.1, -0.05) is 6.07 Å². The van der Waals surface area contributed by atoms with E-state index in [4.69, 9.17) is 9.84 Å². The summed E-state index contributed by atoms with van der Waals surface area (Å²) in [5.41, 5.74) is 0.726. The van der Waals surface area contributed by atoms with Crippen molar-refractivity contribution >= 4 is 15.8 Å². The first-order valence-corrected chi connectivity index (χ1v) is 8.38. The summed E-state index contributed by atoms with van der Waals surface area (Å²) in [5.74, 6) is -0.594. The Hall–Kier alpha value is -1.67. The Morgan fingerprint density at radius 3 is 2.95 bits per heavy atom. The van der Waals surface area contributed by atoms with E-state index in [2.05, 4.69) is 4.98 Å². The van der Waals surface area contributed by atoms with Gasteiger partial charge in [0.05, 0.1) is 30.7 Å². The molecule has 0 aromatic carbocycles. The van der Waals surface area contributed by atoms with E-state index >= 15 is 0 Å². The molecule has 1 saturated heterocycles. The Labute approximate surface area is 123 Å². The molecule has 7 nitrogen and oxygen atoms in total. The van der Waals surface area contributed by atoms with Crippen LogP contribution in [0.3, 0.4) is 0 Å². The molecule has 1 N–H and O–H groups in total. The largest absolute Gasteiger partial charge is 0.481 e. The second-order valence-electron chi connectivity index (χ2n) is 5.01. The first-order valence-electron chi connectivity index (χ1n) is 6.56. The maximum atomic E-state index is 11.7. The summed E-state index contributed by atoms with van der Waals surface area (Å²) in [4.78, 5) is 17.1. The zero-order valence-corrected chi connectivity index (χ0v) is 12.5. The van der Waals surface area contributed by atoms with Crippen LogP contribution in [0.15, 0.2) is 18.2 Å². The van der Waals surface area contributed by atoms with Gasteiger partial charge in [0.15, 0.2) is 9.84 Å². The molecule has 116 valence electrons. The third-order valence-corrected chi connectivity index (χ3v) is 5.12. The Bertz CT molecular complexity index is 617. The molecule has 2 rings (SSSR count). The summed E-state index contributed by atoms with van der Waals surface area (Å²) in [6.07, 6.45) is -0.191. The summed E-state index contributed by atoms with van der Waals surface area (Å²) < 4.78 is 28.4. The Morgan fingerprint density at radius 2 is 2.29 bits per heavy atom. The number of carboxylic acids is 1. The van der Waals surface area contributed by atoms with Gasteiger partial charge >= 0.3 is 5.97 Å². The summed E-state index contributed by atoms with van der Waals surface area (Å²) in [7, 11) is -1.65. The third-order valence-electron chi connectivity index (χ3n) is 3.42. The number of carboxylic acid groups (broad SMARTS) is 1. The summed E-state index contributed by atoms with van der Waals surface area (Å²) in [5, 5.41) is 8.94. The highest BCUT2D eigenvalue weighted by Gasteiger charge is 2.32. The van der Waals surface area contributed by atoms with Crippen molar-refractivity contribution in [2.75, 3.05) is 25.2 Å². The van der Waals surface area contributed by atoms with Crippen molar-refractivity contribution < 1.29 is 23.1 Å². The molecule has 1 fully saturated rings. The van der Waals surface area contributed by atoms with Crippen LogP contribution in [0.5, 0.6) is 5.88 Å². The van der Waals surface area contributed by atoms with Crippen molar-refractivity contribution in [3.8, 4) is 5.88 Å². The molecule has 1 aromatic heterocycles. The monoisotopic (exact) mass is 314 g/mol. The van der Waals surface area contributed by atoms with Gasteiger partial charge < -0.3 is 9.84 Å². The van der Waals surface area contributed by atoms with Crippen LogP contribution in [0, 0.1) is 0 Å². The number of sulfone groups is 1. The van der Waals surface area contributed by atoms with Crippen LogP contribution in [0.1, 0.15) is 12.1 Å². The highest BCUT2D eigenvalue weighted by Crippen LogP contribution is 2.18. The fourth-order valence-electron chi connectivity index (χ4n) is 2.39. The number of aliphatic carboxylic acids is 1. The van der Waals surface area contributed by atoms with Crippen LogP contribution in [0.2, 0.25) is 0 Å². The number of aromatic nitrogens is 1. The molecule has 1 aromatic rings. The van der Waals surface area contributed by atoms with E-state index in [1.807, 2.05) is 11.0 Å². The Morgan fingerprint density at radius 1 is 1.52 bits per heavy atom. The van der Waals surface area contributed by atoms with E-state index in [0.29, 0.717) is 19.0 Å². The summed E-state index contributed by atoms with van der Waals surface area (Å²) in [6, 6.07) is 4.81. The van der Waals surface area contributed by atoms with Crippen LogP contribution in [-0.2, 0) is 21.2 Å². The van der Waals surface area contributed by atoms with Gasteiger partial charge in [0, 0.05) is 25.2 Å². The second-order valence-corrected chi connectivity index (χ2v) is 7.24. The van der Waals surface area contributed by atoms with Crippen molar-refractivity contribution in [3.63, 3.8) is 0 Å². The van der Waals surface area contributed by atoms with Gasteiger partial charge in [-0.2, -0.15) is 0 Å². The van der Waals surface area contributed by atoms with Crippen molar-refractivity contribution in [1.82, 2.24) is 9.88 Å². The molecule has 2 heterocycles. The van der Waals surface area contributed by atoms with E-state index < -0.39 is 21.8 Å². The van der Waals surface area contributed by atoms with Crippen molar-refractivity contribution in [2.24, 2.45) is 0 Å². The number of pyridine rings is 1. The zero-order valence-electron chi connectivity index (χ0n) is 11.7. The van der Waals surface area contributed by atoms with Gasteiger partial charge in [0.25, 0.3) is 0 Å². The summed E-state index contributed by atoms with van der Waals surface area (Å²) >= 11 is 0. The lowest BCUT2D eigenvalue weighted by Gasteiger charge is -2.34. The minimum Gasteiger partial charge on any atom is -0.481 e. The first kappa shape index (κ1) is 15.7. The van der Waals surface area contributed by atoms with E-state index in [1.165, 1.54) is 7.11 Å². The van der Waals surface area contributed by atoms with Crippen LogP contribution in [-0.4, -0.2) is 60.6 Å². The standard InChI is InChI=1S/C13H18N2O5S/c1-20-12-4-2-3-10(14-12)8-15-5-6-21(18,19)9-11(15)7-13(16)17/h2-4,11H,5-9H2,1H3,(H,16,17). The molecule has 0 bridgehead atoms. The van der Waals surface area contributed by atoms with Crippen LogP contribution >= 0.6 is 0 Å². The van der Waals surface area contributed by atoms with E-state index in [-0.39, 0.29) is 17.9 Å². The highest BCUT2D eigenvalue weighted by atomic mass is 32.2. The lowest BCUT2D eigenvalue weighted by molar-refractivity contribution is -0.138. The van der Waals surface area contributed by atoms with Crippen molar-refractivity contribution in [3.05, 3.63) is 23.9 Å². The smallest absolute Gasteiger partial charge is 0.304 e. The molecule has 0 saturated carbocycles. The first-order chi connectivity index (χ1) is 9.89. The molecule has 0 aliphatic carbocycles. The van der Waals surface area contributed by atoms with Gasteiger partial charge in [0.1, 0.15) is 0 Å². The SMILES string of the molecule is COc1cccc(CN2CCS(=O)(=O)CC2CC(=O)O)n1. The number of nitrogens with zero attached hydrogens (tertiary/aromatic N) is 2. The highest BCUT2D eigenvalue weighted by molar-refractivity contribution is 7.91. The molecule has 1 unspecified atom stereocenters. The van der Waals surface area contributed by atoms with Gasteiger partial charge in [-0.05, 0) is 6.07 Å². The van der Waals surface area contributed by atoms with Gasteiger partial charge in [-0.3, -0.25) is 9.69 Å². The molecule has 0 spiro atoms. The Kier molecular flexibility index (Phi) is 4.79. The van der Waals surface area contributed by atoms with Crippen molar-refractivity contribution in [2.45, 2.75) is 19.0 Å². The fourth-order valence-corrected chi connectivity index (χ4v) is 3.98. The molecule has 8 heteroatoms. The number of carbonyl (C=O) groups is 1. The van der Waals surface area contributed by atoms with Crippen molar-refractivity contribution in [1.29, 1.82) is 0 Å². The number of hydrogen-bond donors (Lipinski definition) is 1. The average molecular weight is 314 g/mol. The predicted octanol–water partition coefficient (Wildman–Crippen LogP) is 0.164. The maximum Gasteiger partial charge on any atom is 0.304 e. The van der Waals surface area contributed by atoms with Gasteiger partial charge in [-0.15, -0.1) is 0 Å². The molecule has 1 aliphatic rings. The van der Waals surface area contributed by atoms with E-state index in [9.17, 15) is 13.2 Å². The second kappa shape index (κ2) is 6.40. The quantitative estimate of drug-likeness (QED) is 0.827. The lowest BCUT2D eigenvalue weighted by atomic mass is 10.2. The number of ether oxygens (including phenoxy) is 1. The molecule has 1 atom stereocenters. The minimum absolute atomic E-state index is 0.0487. The van der Waals surface area contributed by atoms with Crippen LogP contribution in [0.4, 0.5) is 0 Å². The number of methoxy groups -OCH3 is 1. The minimum atomic E-state index is -3.17. The molecule has 0 amide bonds. The topological polar surface area (TPSA) is 96.8 Å².